The summed E-state index contributed by atoms with van der Waals surface area (Å²) in [5, 5.41) is 3.50. The van der Waals surface area contributed by atoms with Crippen LogP contribution >= 0.6 is 11.3 Å². The molecule has 26 heavy (non-hydrogen) atoms. The van der Waals surface area contributed by atoms with Gasteiger partial charge in [-0.2, -0.15) is 8.42 Å². The Balaban J connectivity index is 1.83. The van der Waals surface area contributed by atoms with E-state index >= 15 is 0 Å². The molecule has 0 bridgehead atoms. The predicted molar refractivity (Wildman–Crippen MR) is 101 cm³/mol. The lowest BCUT2D eigenvalue weighted by Crippen LogP contribution is -2.22. The number of carbonyl (C=O) groups excluding carboxylic acids is 1. The lowest BCUT2D eigenvalue weighted by molar-refractivity contribution is -0.118. The molecule has 0 aliphatic carbocycles. The Kier molecular flexibility index (Phi) is 5.24. The number of hydrogen-bond donors (Lipinski definition) is 1. The van der Waals surface area contributed by atoms with Gasteiger partial charge in [-0.3, -0.25) is 4.79 Å². The van der Waals surface area contributed by atoms with E-state index in [1.165, 1.54) is 13.0 Å². The molecule has 0 fully saturated rings. The van der Waals surface area contributed by atoms with Gasteiger partial charge in [-0.15, -0.1) is 11.3 Å². The molecule has 0 unspecified atom stereocenters. The van der Waals surface area contributed by atoms with Crippen molar-refractivity contribution in [3.8, 4) is 5.75 Å². The van der Waals surface area contributed by atoms with E-state index in [-0.39, 0.29) is 15.9 Å². The molecule has 0 aliphatic heterocycles. The normalized spacial score (nSPS) is 11.5. The number of hydrogen-bond acceptors (Lipinski definition) is 6. The van der Waals surface area contributed by atoms with Crippen LogP contribution in [-0.4, -0.2) is 25.9 Å². The summed E-state index contributed by atoms with van der Waals surface area (Å²) in [5.74, 6) is 0.0934. The number of aryl methyl sites for hydroxylation is 1. The molecule has 1 aromatic carbocycles. The van der Waals surface area contributed by atoms with Crippen molar-refractivity contribution in [1.82, 2.24) is 10.3 Å². The number of amides is 1. The Morgan fingerprint density at radius 2 is 2.00 bits per heavy atom. The summed E-state index contributed by atoms with van der Waals surface area (Å²) >= 11 is 1.13. The fourth-order valence-electron chi connectivity index (χ4n) is 2.43. The first kappa shape index (κ1) is 18.3. The molecule has 0 spiro atoms. The third kappa shape index (κ3) is 4.20. The van der Waals surface area contributed by atoms with Gasteiger partial charge in [0.1, 0.15) is 5.52 Å². The van der Waals surface area contributed by atoms with Crippen molar-refractivity contribution < 1.29 is 17.4 Å². The highest BCUT2D eigenvalue weighted by Crippen LogP contribution is 2.29. The maximum absolute atomic E-state index is 12.6. The smallest absolute Gasteiger partial charge is 0.348 e. The van der Waals surface area contributed by atoms with Crippen LogP contribution in [0.2, 0.25) is 0 Å². The number of aromatic nitrogens is 1. The zero-order valence-corrected chi connectivity index (χ0v) is 16.0. The third-order valence-corrected chi connectivity index (χ3v) is 6.48. The first-order valence-electron chi connectivity index (χ1n) is 7.99. The number of thiophene rings is 1. The summed E-state index contributed by atoms with van der Waals surface area (Å²) in [7, 11) is -3.95. The average molecular weight is 390 g/mol. The van der Waals surface area contributed by atoms with E-state index in [4.69, 9.17) is 4.18 Å². The van der Waals surface area contributed by atoms with Crippen LogP contribution in [0.4, 0.5) is 0 Å². The van der Waals surface area contributed by atoms with E-state index in [9.17, 15) is 13.2 Å². The Hall–Kier alpha value is -2.45. The topological polar surface area (TPSA) is 85.4 Å². The molecular weight excluding hydrogens is 372 g/mol. The highest BCUT2D eigenvalue weighted by molar-refractivity contribution is 7.89. The largest absolute Gasteiger partial charge is 0.376 e. The fraction of sp³-hybridized carbons (Fsp3) is 0.222. The van der Waals surface area contributed by atoms with Gasteiger partial charge in [0.05, 0.1) is 0 Å². The van der Waals surface area contributed by atoms with Gasteiger partial charge in [-0.05, 0) is 37.6 Å². The number of para-hydroxylation sites is 1. The van der Waals surface area contributed by atoms with E-state index < -0.39 is 10.1 Å². The summed E-state index contributed by atoms with van der Waals surface area (Å²) in [6, 6.07) is 12.2. The second-order valence-electron chi connectivity index (χ2n) is 5.77. The maximum Gasteiger partial charge on any atom is 0.348 e. The van der Waals surface area contributed by atoms with Gasteiger partial charge in [-0.1, -0.05) is 18.2 Å². The average Bonchev–Trinajstić information content (AvgIpc) is 3.05. The molecule has 6 nitrogen and oxygen atoms in total. The molecule has 2 heterocycles. The van der Waals surface area contributed by atoms with Crippen LogP contribution in [0, 0.1) is 6.92 Å². The van der Waals surface area contributed by atoms with Gasteiger partial charge in [-0.25, -0.2) is 4.98 Å². The Bertz CT molecular complexity index is 1060. The minimum absolute atomic E-state index is 0.114. The van der Waals surface area contributed by atoms with Gasteiger partial charge < -0.3 is 9.50 Å². The van der Waals surface area contributed by atoms with Crippen LogP contribution in [0.25, 0.3) is 10.9 Å². The Labute approximate surface area is 156 Å². The maximum atomic E-state index is 12.6. The van der Waals surface area contributed by atoms with Gasteiger partial charge in [0.15, 0.2) is 9.96 Å². The van der Waals surface area contributed by atoms with Crippen molar-refractivity contribution in [2.24, 2.45) is 0 Å². The van der Waals surface area contributed by atoms with Crippen molar-refractivity contribution in [1.29, 1.82) is 0 Å². The molecule has 0 saturated carbocycles. The molecule has 1 N–H and O–H groups in total. The molecule has 8 heteroatoms. The molecule has 0 aliphatic rings. The summed E-state index contributed by atoms with van der Waals surface area (Å²) in [5.41, 5.74) is 1.29. The molecule has 3 aromatic rings. The van der Waals surface area contributed by atoms with Gasteiger partial charge in [0.25, 0.3) is 0 Å². The van der Waals surface area contributed by atoms with Crippen molar-refractivity contribution in [2.75, 3.05) is 6.54 Å². The zero-order chi connectivity index (χ0) is 18.7. The molecule has 2 aromatic heterocycles. The lowest BCUT2D eigenvalue weighted by atomic mass is 10.2. The van der Waals surface area contributed by atoms with E-state index in [0.717, 1.165) is 27.3 Å². The number of fused-ring (bicyclic) bond motifs is 1. The van der Waals surface area contributed by atoms with Gasteiger partial charge in [0.2, 0.25) is 5.91 Å². The molecule has 0 atom stereocenters. The molecule has 0 saturated heterocycles. The minimum Gasteiger partial charge on any atom is -0.376 e. The van der Waals surface area contributed by atoms with E-state index in [1.54, 1.807) is 18.2 Å². The number of carbonyl (C=O) groups is 1. The van der Waals surface area contributed by atoms with Crippen LogP contribution < -0.4 is 9.50 Å². The van der Waals surface area contributed by atoms with Gasteiger partial charge in [0, 0.05) is 29.4 Å². The molecular formula is C18H18N2O4S2. The number of pyridine rings is 1. The van der Waals surface area contributed by atoms with Crippen LogP contribution in [0.5, 0.6) is 5.75 Å². The van der Waals surface area contributed by atoms with Gasteiger partial charge >= 0.3 is 10.1 Å². The van der Waals surface area contributed by atoms with Crippen molar-refractivity contribution in [2.45, 2.75) is 24.5 Å². The first-order valence-corrected chi connectivity index (χ1v) is 10.2. The van der Waals surface area contributed by atoms with Crippen molar-refractivity contribution >= 4 is 38.3 Å². The SMILES string of the molecule is CC(=O)NCCc1ccc(S(=O)(=O)Oc2cccc3ccc(C)nc23)s1. The van der Waals surface area contributed by atoms with Crippen molar-refractivity contribution in [3.63, 3.8) is 0 Å². The van der Waals surface area contributed by atoms with Crippen LogP contribution in [0.15, 0.2) is 46.7 Å². The fourth-order valence-corrected chi connectivity index (χ4v) is 4.69. The van der Waals surface area contributed by atoms with E-state index in [2.05, 4.69) is 10.3 Å². The standard InChI is InChI=1S/C18H18N2O4S2/c1-12-6-7-14-4-3-5-16(18(14)20-12)24-26(22,23)17-9-8-15(25-17)10-11-19-13(2)21/h3-9H,10-11H2,1-2H3,(H,19,21). The molecule has 3 rings (SSSR count). The van der Waals surface area contributed by atoms with E-state index in [0.29, 0.717) is 18.5 Å². The molecule has 1 amide bonds. The number of benzene rings is 1. The quantitative estimate of drug-likeness (QED) is 0.654. The van der Waals surface area contributed by atoms with Crippen LogP contribution in [0.1, 0.15) is 17.5 Å². The number of nitrogens with zero attached hydrogens (tertiary/aromatic N) is 1. The lowest BCUT2D eigenvalue weighted by Gasteiger charge is -2.08. The Morgan fingerprint density at radius 1 is 1.19 bits per heavy atom. The van der Waals surface area contributed by atoms with Crippen LogP contribution in [0.3, 0.4) is 0 Å². The monoisotopic (exact) mass is 390 g/mol. The summed E-state index contributed by atoms with van der Waals surface area (Å²) in [6.07, 6.45) is 0.564. The number of rotatable bonds is 6. The highest BCUT2D eigenvalue weighted by atomic mass is 32.3. The van der Waals surface area contributed by atoms with Crippen LogP contribution in [-0.2, 0) is 21.3 Å². The molecule has 136 valence electrons. The van der Waals surface area contributed by atoms with E-state index in [1.807, 2.05) is 25.1 Å². The Morgan fingerprint density at radius 3 is 2.77 bits per heavy atom. The summed E-state index contributed by atoms with van der Waals surface area (Å²) in [6.45, 7) is 3.74. The minimum atomic E-state index is -3.95. The van der Waals surface area contributed by atoms with Crippen molar-refractivity contribution in [3.05, 3.63) is 53.0 Å². The summed E-state index contributed by atoms with van der Waals surface area (Å²) in [4.78, 5) is 16.1. The predicted octanol–water partition coefficient (Wildman–Crippen LogP) is 3.05. The number of nitrogens with one attached hydrogen (secondary N) is 1. The summed E-state index contributed by atoms with van der Waals surface area (Å²) < 4.78 is 30.7. The first-order chi connectivity index (χ1) is 12.3. The highest BCUT2D eigenvalue weighted by Gasteiger charge is 2.21. The third-order valence-electron chi connectivity index (χ3n) is 3.65. The zero-order valence-electron chi connectivity index (χ0n) is 14.4. The second kappa shape index (κ2) is 7.43. The second-order valence-corrected chi connectivity index (χ2v) is 8.71. The molecule has 0 radical (unpaired) electrons.